The average Bonchev–Trinajstić information content (AvgIpc) is 2.31. The molecule has 0 fully saturated rings. The van der Waals surface area contributed by atoms with Gasteiger partial charge in [-0.2, -0.15) is 0 Å². The van der Waals surface area contributed by atoms with Crippen LogP contribution < -0.4 is 5.32 Å². The van der Waals surface area contributed by atoms with Crippen molar-refractivity contribution < 1.29 is 8.78 Å². The summed E-state index contributed by atoms with van der Waals surface area (Å²) in [6.07, 6.45) is 5.73. The van der Waals surface area contributed by atoms with Gasteiger partial charge in [-0.15, -0.1) is 0 Å². The third-order valence-corrected chi connectivity index (χ3v) is 3.06. The van der Waals surface area contributed by atoms with Crippen LogP contribution in [0.3, 0.4) is 0 Å². The number of hydrogen-bond donors (Lipinski definition) is 1. The quantitative estimate of drug-likeness (QED) is 0.725. The molecule has 1 aromatic rings. The molecular formula is C15H23F2N. The van der Waals surface area contributed by atoms with Crippen molar-refractivity contribution in [2.24, 2.45) is 0 Å². The molecule has 0 aromatic heterocycles. The topological polar surface area (TPSA) is 12.0 Å². The first-order valence-electron chi connectivity index (χ1n) is 6.84. The monoisotopic (exact) mass is 255 g/mol. The van der Waals surface area contributed by atoms with Gasteiger partial charge >= 0.3 is 0 Å². The maximum atomic E-state index is 13.0. The summed E-state index contributed by atoms with van der Waals surface area (Å²) >= 11 is 0. The summed E-state index contributed by atoms with van der Waals surface area (Å²) in [5, 5.41) is 3.39. The Morgan fingerprint density at radius 2 is 1.67 bits per heavy atom. The second-order valence-corrected chi connectivity index (χ2v) is 4.79. The summed E-state index contributed by atoms with van der Waals surface area (Å²) in [6, 6.07) is 4.13. The van der Waals surface area contributed by atoms with E-state index in [9.17, 15) is 8.78 Å². The van der Waals surface area contributed by atoms with E-state index in [1.165, 1.54) is 25.0 Å². The fourth-order valence-corrected chi connectivity index (χ4v) is 2.12. The van der Waals surface area contributed by atoms with Gasteiger partial charge in [0.25, 0.3) is 0 Å². The molecule has 0 radical (unpaired) electrons. The lowest BCUT2D eigenvalue weighted by atomic mass is 10.0. The summed E-state index contributed by atoms with van der Waals surface area (Å²) in [5.41, 5.74) is 0.671. The van der Waals surface area contributed by atoms with Gasteiger partial charge in [0.05, 0.1) is 0 Å². The molecule has 1 rings (SSSR count). The van der Waals surface area contributed by atoms with Gasteiger partial charge in [-0.3, -0.25) is 0 Å². The normalized spacial score (nSPS) is 12.7. The Labute approximate surface area is 109 Å². The van der Waals surface area contributed by atoms with Crippen LogP contribution in [0.5, 0.6) is 0 Å². The number of rotatable bonds is 8. The van der Waals surface area contributed by atoms with E-state index in [0.29, 0.717) is 18.2 Å². The van der Waals surface area contributed by atoms with Gasteiger partial charge in [0.1, 0.15) is 11.6 Å². The molecule has 1 N–H and O–H groups in total. The first-order valence-corrected chi connectivity index (χ1v) is 6.84. The summed E-state index contributed by atoms with van der Waals surface area (Å²) in [5.74, 6) is -1.01. The Kier molecular flexibility index (Phi) is 6.88. The van der Waals surface area contributed by atoms with Crippen molar-refractivity contribution in [3.8, 4) is 0 Å². The van der Waals surface area contributed by atoms with E-state index in [0.717, 1.165) is 25.3 Å². The highest BCUT2D eigenvalue weighted by Gasteiger charge is 2.07. The standard InChI is InChI=1S/C15H23F2N/c1-3-5-7-15(6-4-2)18-11-12-8-13(16)10-14(17)9-12/h8-10,15,18H,3-7,11H2,1-2H3. The van der Waals surface area contributed by atoms with Crippen molar-refractivity contribution in [2.75, 3.05) is 0 Å². The molecule has 18 heavy (non-hydrogen) atoms. The van der Waals surface area contributed by atoms with Gasteiger partial charge < -0.3 is 5.32 Å². The Balaban J connectivity index is 2.49. The molecule has 1 unspecified atom stereocenters. The number of unbranched alkanes of at least 4 members (excludes halogenated alkanes) is 1. The first kappa shape index (κ1) is 15.1. The second-order valence-electron chi connectivity index (χ2n) is 4.79. The smallest absolute Gasteiger partial charge is 0.126 e. The van der Waals surface area contributed by atoms with Crippen molar-refractivity contribution in [3.63, 3.8) is 0 Å². The molecule has 1 aromatic carbocycles. The number of halogens is 2. The number of benzene rings is 1. The number of nitrogens with one attached hydrogen (secondary N) is 1. The Hall–Kier alpha value is -0.960. The first-order chi connectivity index (χ1) is 8.65. The number of hydrogen-bond acceptors (Lipinski definition) is 1. The van der Waals surface area contributed by atoms with Crippen molar-refractivity contribution in [2.45, 2.75) is 58.5 Å². The molecule has 0 amide bonds. The van der Waals surface area contributed by atoms with E-state index in [1.54, 1.807) is 0 Å². The van der Waals surface area contributed by atoms with Gasteiger partial charge in [0.2, 0.25) is 0 Å². The summed E-state index contributed by atoms with van der Waals surface area (Å²) < 4.78 is 26.1. The van der Waals surface area contributed by atoms with E-state index in [2.05, 4.69) is 19.2 Å². The second kappa shape index (κ2) is 8.20. The molecule has 0 saturated carbocycles. The highest BCUT2D eigenvalue weighted by atomic mass is 19.1. The highest BCUT2D eigenvalue weighted by molar-refractivity contribution is 5.17. The van der Waals surface area contributed by atoms with Crippen molar-refractivity contribution >= 4 is 0 Å². The highest BCUT2D eigenvalue weighted by Crippen LogP contribution is 2.11. The maximum Gasteiger partial charge on any atom is 0.126 e. The molecule has 0 bridgehead atoms. The van der Waals surface area contributed by atoms with Crippen LogP contribution in [-0.4, -0.2) is 6.04 Å². The minimum absolute atomic E-state index is 0.446. The zero-order chi connectivity index (χ0) is 13.4. The van der Waals surface area contributed by atoms with Gasteiger partial charge in [-0.1, -0.05) is 33.1 Å². The van der Waals surface area contributed by atoms with Crippen molar-refractivity contribution in [1.29, 1.82) is 0 Å². The lowest BCUT2D eigenvalue weighted by Crippen LogP contribution is -2.28. The van der Waals surface area contributed by atoms with E-state index in [-0.39, 0.29) is 0 Å². The minimum atomic E-state index is -0.507. The third-order valence-electron chi connectivity index (χ3n) is 3.06. The Morgan fingerprint density at radius 1 is 1.00 bits per heavy atom. The maximum absolute atomic E-state index is 13.0. The molecule has 0 aliphatic heterocycles. The third kappa shape index (κ3) is 5.58. The van der Waals surface area contributed by atoms with Gasteiger partial charge in [0, 0.05) is 18.7 Å². The fourth-order valence-electron chi connectivity index (χ4n) is 2.12. The summed E-state index contributed by atoms with van der Waals surface area (Å²) in [7, 11) is 0. The van der Waals surface area contributed by atoms with Crippen molar-refractivity contribution in [3.05, 3.63) is 35.4 Å². The minimum Gasteiger partial charge on any atom is -0.310 e. The largest absolute Gasteiger partial charge is 0.310 e. The van der Waals surface area contributed by atoms with E-state index in [4.69, 9.17) is 0 Å². The van der Waals surface area contributed by atoms with E-state index in [1.807, 2.05) is 0 Å². The lowest BCUT2D eigenvalue weighted by molar-refractivity contribution is 0.433. The molecule has 0 aliphatic carbocycles. The summed E-state index contributed by atoms with van der Waals surface area (Å²) in [6.45, 7) is 4.86. The molecule has 0 saturated heterocycles. The molecular weight excluding hydrogens is 232 g/mol. The zero-order valence-electron chi connectivity index (χ0n) is 11.3. The van der Waals surface area contributed by atoms with Crippen LogP contribution in [0.2, 0.25) is 0 Å². The average molecular weight is 255 g/mol. The predicted octanol–water partition coefficient (Wildman–Crippen LogP) is 4.41. The van der Waals surface area contributed by atoms with Crippen LogP contribution in [0.4, 0.5) is 8.78 Å². The molecule has 102 valence electrons. The lowest BCUT2D eigenvalue weighted by Gasteiger charge is -2.18. The molecule has 1 atom stereocenters. The Morgan fingerprint density at radius 3 is 2.22 bits per heavy atom. The van der Waals surface area contributed by atoms with Crippen LogP contribution >= 0.6 is 0 Å². The predicted molar refractivity (Wildman–Crippen MR) is 71.4 cm³/mol. The zero-order valence-corrected chi connectivity index (χ0v) is 11.3. The van der Waals surface area contributed by atoms with Crippen LogP contribution in [-0.2, 0) is 6.54 Å². The molecule has 3 heteroatoms. The molecule has 0 aliphatic rings. The van der Waals surface area contributed by atoms with E-state index < -0.39 is 11.6 Å². The van der Waals surface area contributed by atoms with Crippen LogP contribution in [0.15, 0.2) is 18.2 Å². The van der Waals surface area contributed by atoms with Gasteiger partial charge in [0.15, 0.2) is 0 Å². The van der Waals surface area contributed by atoms with Gasteiger partial charge in [-0.25, -0.2) is 8.78 Å². The summed E-state index contributed by atoms with van der Waals surface area (Å²) in [4.78, 5) is 0. The molecule has 0 spiro atoms. The van der Waals surface area contributed by atoms with Gasteiger partial charge in [-0.05, 0) is 30.5 Å². The van der Waals surface area contributed by atoms with Crippen LogP contribution in [0, 0.1) is 11.6 Å². The SMILES string of the molecule is CCCCC(CCC)NCc1cc(F)cc(F)c1. The van der Waals surface area contributed by atoms with Crippen molar-refractivity contribution in [1.82, 2.24) is 5.32 Å². The van der Waals surface area contributed by atoms with Crippen LogP contribution in [0.25, 0.3) is 0 Å². The molecule has 0 heterocycles. The van der Waals surface area contributed by atoms with E-state index >= 15 is 0 Å². The van der Waals surface area contributed by atoms with Crippen LogP contribution in [0.1, 0.15) is 51.5 Å². The fraction of sp³-hybridized carbons (Fsp3) is 0.600. The Bertz CT molecular complexity index is 332. The molecule has 1 nitrogen and oxygen atoms in total.